The van der Waals surface area contributed by atoms with Crippen molar-refractivity contribution in [2.75, 3.05) is 30.4 Å². The Balaban J connectivity index is 2.05. The summed E-state index contributed by atoms with van der Waals surface area (Å²) in [6, 6.07) is 6.86. The molecule has 1 aliphatic rings. The van der Waals surface area contributed by atoms with E-state index in [4.69, 9.17) is 11.6 Å². The molecule has 0 saturated carbocycles. The van der Waals surface area contributed by atoms with Gasteiger partial charge in [-0.15, -0.1) is 22.9 Å². The molecule has 0 aliphatic carbocycles. The average Bonchev–Trinajstić information content (AvgIpc) is 3.30. The Morgan fingerprint density at radius 3 is 2.62 bits per heavy atom. The number of hydrogen-bond donors (Lipinski definition) is 1. The lowest BCUT2D eigenvalue weighted by Gasteiger charge is -2.39. The van der Waals surface area contributed by atoms with Crippen molar-refractivity contribution in [2.24, 2.45) is 5.92 Å². The van der Waals surface area contributed by atoms with E-state index in [1.54, 1.807) is 22.4 Å². The first kappa shape index (κ1) is 24.5. The molecule has 2 amide bonds. The lowest BCUT2D eigenvalue weighted by Crippen LogP contribution is -2.57. The molecule has 32 heavy (non-hydrogen) atoms. The van der Waals surface area contributed by atoms with Crippen LogP contribution in [0.2, 0.25) is 0 Å². The summed E-state index contributed by atoms with van der Waals surface area (Å²) in [6.45, 7) is 5.58. The smallest absolute Gasteiger partial charge is 0.338 e. The lowest BCUT2D eigenvalue weighted by atomic mass is 10.0. The summed E-state index contributed by atoms with van der Waals surface area (Å²) in [5.74, 6) is -1.17. The van der Waals surface area contributed by atoms with Crippen molar-refractivity contribution in [1.82, 2.24) is 10.2 Å². The number of alkyl halides is 4. The van der Waals surface area contributed by atoms with Gasteiger partial charge < -0.3 is 10.2 Å². The van der Waals surface area contributed by atoms with E-state index in [0.717, 1.165) is 17.0 Å². The normalized spacial score (nSPS) is 18.0. The number of benzene rings is 1. The van der Waals surface area contributed by atoms with Crippen molar-refractivity contribution < 1.29 is 22.8 Å². The van der Waals surface area contributed by atoms with Gasteiger partial charge in [0.25, 0.3) is 5.91 Å². The molecule has 1 fully saturated rings. The zero-order valence-corrected chi connectivity index (χ0v) is 19.3. The van der Waals surface area contributed by atoms with E-state index in [1.807, 2.05) is 13.8 Å². The molecule has 1 saturated heterocycles. The summed E-state index contributed by atoms with van der Waals surface area (Å²) < 4.78 is 40.0. The number of piperazine rings is 1. The van der Waals surface area contributed by atoms with Crippen LogP contribution in [0.25, 0.3) is 0 Å². The molecule has 1 aromatic carbocycles. The lowest BCUT2D eigenvalue weighted by molar-refractivity contribution is -0.137. The first-order valence-corrected chi connectivity index (χ1v) is 11.7. The van der Waals surface area contributed by atoms with Crippen LogP contribution in [0.4, 0.5) is 18.9 Å². The van der Waals surface area contributed by atoms with Gasteiger partial charge in [0.15, 0.2) is 0 Å². The van der Waals surface area contributed by atoms with Crippen LogP contribution in [0.1, 0.15) is 30.3 Å². The number of amides is 2. The summed E-state index contributed by atoms with van der Waals surface area (Å²) in [7, 11) is 0. The van der Waals surface area contributed by atoms with Gasteiger partial charge in [0.05, 0.1) is 5.56 Å². The van der Waals surface area contributed by atoms with Gasteiger partial charge in [-0.05, 0) is 35.6 Å². The van der Waals surface area contributed by atoms with E-state index in [9.17, 15) is 22.8 Å². The van der Waals surface area contributed by atoms with Gasteiger partial charge >= 0.3 is 6.18 Å². The Morgan fingerprint density at radius 1 is 1.28 bits per heavy atom. The summed E-state index contributed by atoms with van der Waals surface area (Å²) in [4.78, 5) is 30.0. The second-order valence-corrected chi connectivity index (χ2v) is 9.20. The van der Waals surface area contributed by atoms with E-state index in [0.29, 0.717) is 24.5 Å². The Hall–Kier alpha value is -2.10. The maximum absolute atomic E-state index is 13.7. The van der Waals surface area contributed by atoms with Crippen LogP contribution in [-0.2, 0) is 15.8 Å². The van der Waals surface area contributed by atoms with Crippen molar-refractivity contribution in [3.8, 4) is 0 Å². The largest absolute Gasteiger partial charge is 0.416 e. The van der Waals surface area contributed by atoms with Crippen molar-refractivity contribution in [2.45, 2.75) is 32.1 Å². The highest BCUT2D eigenvalue weighted by Crippen LogP contribution is 2.36. The minimum atomic E-state index is -4.59. The molecular formula is C22H25ClF3N3O2S. The third kappa shape index (κ3) is 5.44. The van der Waals surface area contributed by atoms with E-state index >= 15 is 0 Å². The molecule has 0 bridgehead atoms. The monoisotopic (exact) mass is 487 g/mol. The van der Waals surface area contributed by atoms with Crippen LogP contribution in [0.3, 0.4) is 0 Å². The van der Waals surface area contributed by atoms with Gasteiger partial charge in [-0.1, -0.05) is 26.0 Å². The fraction of sp³-hybridized carbons (Fsp3) is 0.455. The Kier molecular flexibility index (Phi) is 7.84. The summed E-state index contributed by atoms with van der Waals surface area (Å²) >= 11 is 7.11. The van der Waals surface area contributed by atoms with E-state index in [2.05, 4.69) is 5.32 Å². The second kappa shape index (κ2) is 10.2. The van der Waals surface area contributed by atoms with Crippen molar-refractivity contribution in [3.05, 3.63) is 52.2 Å². The second-order valence-electron chi connectivity index (χ2n) is 7.95. The van der Waals surface area contributed by atoms with Crippen LogP contribution in [0, 0.1) is 5.92 Å². The number of carbonyl (C=O) groups excluding carboxylic acids is 2. The Labute approximate surface area is 194 Å². The van der Waals surface area contributed by atoms with Gasteiger partial charge in [0.2, 0.25) is 5.91 Å². The molecule has 3 rings (SSSR count). The van der Waals surface area contributed by atoms with E-state index in [-0.39, 0.29) is 23.6 Å². The number of rotatable bonds is 6. The standard InChI is InChI=1S/C22H25ClF3N3O2S/c1-14(2)17-13-28(9-8-27-17)21(31)20(18-7-4-10-32-18)29(19(30)12-23)16-6-3-5-15(11-16)22(24,25)26/h3-7,10-11,14,17,20,27H,8-9,12-13H2,1-2H3/t17?,20-/m0/s1. The van der Waals surface area contributed by atoms with E-state index < -0.39 is 29.6 Å². The van der Waals surface area contributed by atoms with Crippen molar-refractivity contribution >= 4 is 40.4 Å². The topological polar surface area (TPSA) is 52.7 Å². The SMILES string of the molecule is CC(C)C1CN(C(=O)[C@H](c2cccs2)N(C(=O)CCl)c2cccc(C(F)(F)F)c2)CCN1. The predicted molar refractivity (Wildman–Crippen MR) is 120 cm³/mol. The quantitative estimate of drug-likeness (QED) is 0.609. The van der Waals surface area contributed by atoms with Gasteiger partial charge in [0.1, 0.15) is 11.9 Å². The molecule has 174 valence electrons. The highest BCUT2D eigenvalue weighted by Gasteiger charge is 2.39. The van der Waals surface area contributed by atoms with Crippen LogP contribution >= 0.6 is 22.9 Å². The van der Waals surface area contributed by atoms with Gasteiger partial charge in [-0.2, -0.15) is 13.2 Å². The Bertz CT molecular complexity index is 937. The molecule has 0 spiro atoms. The number of halogens is 4. The fourth-order valence-electron chi connectivity index (χ4n) is 3.74. The zero-order valence-electron chi connectivity index (χ0n) is 17.7. The number of hydrogen-bond acceptors (Lipinski definition) is 4. The number of thiophene rings is 1. The highest BCUT2D eigenvalue weighted by atomic mass is 35.5. The van der Waals surface area contributed by atoms with Gasteiger partial charge in [-0.3, -0.25) is 14.5 Å². The third-order valence-corrected chi connectivity index (χ3v) is 6.61. The average molecular weight is 488 g/mol. The first-order valence-electron chi connectivity index (χ1n) is 10.2. The number of nitrogens with zero attached hydrogens (tertiary/aromatic N) is 2. The minimum Gasteiger partial charge on any atom is -0.338 e. The minimum absolute atomic E-state index is 0.0206. The van der Waals surface area contributed by atoms with Crippen LogP contribution in [0.5, 0.6) is 0 Å². The van der Waals surface area contributed by atoms with Crippen LogP contribution in [-0.4, -0.2) is 48.3 Å². The molecular weight excluding hydrogens is 463 g/mol. The summed E-state index contributed by atoms with van der Waals surface area (Å²) in [6.07, 6.45) is -4.59. The number of anilines is 1. The van der Waals surface area contributed by atoms with E-state index in [1.165, 1.54) is 23.5 Å². The molecule has 0 radical (unpaired) electrons. The van der Waals surface area contributed by atoms with Crippen molar-refractivity contribution in [1.29, 1.82) is 0 Å². The highest BCUT2D eigenvalue weighted by molar-refractivity contribution is 7.10. The molecule has 1 unspecified atom stereocenters. The Morgan fingerprint density at radius 2 is 2.03 bits per heavy atom. The molecule has 1 N–H and O–H groups in total. The number of carbonyl (C=O) groups is 2. The zero-order chi connectivity index (χ0) is 23.5. The van der Waals surface area contributed by atoms with Crippen LogP contribution < -0.4 is 10.2 Å². The molecule has 1 aromatic heterocycles. The predicted octanol–water partition coefficient (Wildman–Crippen LogP) is 4.54. The molecule has 2 atom stereocenters. The summed E-state index contributed by atoms with van der Waals surface area (Å²) in [5, 5.41) is 5.14. The van der Waals surface area contributed by atoms with Gasteiger partial charge in [0, 0.05) is 36.2 Å². The molecule has 2 aromatic rings. The first-order chi connectivity index (χ1) is 15.1. The molecule has 5 nitrogen and oxygen atoms in total. The molecule has 10 heteroatoms. The summed E-state index contributed by atoms with van der Waals surface area (Å²) in [5.41, 5.74) is -0.922. The molecule has 2 heterocycles. The maximum Gasteiger partial charge on any atom is 0.416 e. The van der Waals surface area contributed by atoms with Crippen molar-refractivity contribution in [3.63, 3.8) is 0 Å². The maximum atomic E-state index is 13.7. The third-order valence-electron chi connectivity index (χ3n) is 5.46. The molecule has 1 aliphatic heterocycles. The fourth-order valence-corrected chi connectivity index (χ4v) is 4.67. The van der Waals surface area contributed by atoms with Gasteiger partial charge in [-0.25, -0.2) is 0 Å². The van der Waals surface area contributed by atoms with Crippen LogP contribution in [0.15, 0.2) is 41.8 Å². The number of nitrogens with one attached hydrogen (secondary N) is 1.